The molecule has 0 atom stereocenters. The maximum absolute atomic E-state index is 11.8. The second kappa shape index (κ2) is 6.14. The molecule has 7 heteroatoms. The average molecular weight is 283 g/mol. The zero-order valence-corrected chi connectivity index (χ0v) is 11.2. The fourth-order valence-electron chi connectivity index (χ4n) is 1.22. The maximum atomic E-state index is 11.8. The van der Waals surface area contributed by atoms with E-state index in [4.69, 9.17) is 0 Å². The Morgan fingerprint density at radius 2 is 1.79 bits per heavy atom. The van der Waals surface area contributed by atoms with Crippen LogP contribution in [-0.2, 0) is 24.2 Å². The zero-order valence-electron chi connectivity index (χ0n) is 10.4. The van der Waals surface area contributed by atoms with Crippen molar-refractivity contribution < 1.29 is 22.7 Å². The molecular formula is C12H13NO5S. The second-order valence-electron chi connectivity index (χ2n) is 3.58. The molecule has 0 aliphatic rings. The van der Waals surface area contributed by atoms with Gasteiger partial charge in [-0.1, -0.05) is 0 Å². The number of anilines is 1. The van der Waals surface area contributed by atoms with Gasteiger partial charge in [-0.2, -0.15) is 0 Å². The summed E-state index contributed by atoms with van der Waals surface area (Å²) in [6.07, 6.45) is 0.830. The zero-order chi connectivity index (χ0) is 14.5. The summed E-state index contributed by atoms with van der Waals surface area (Å²) >= 11 is 0. The van der Waals surface area contributed by atoms with Crippen molar-refractivity contribution in [3.63, 3.8) is 0 Å². The van der Waals surface area contributed by atoms with Crippen LogP contribution in [0.4, 0.5) is 5.69 Å². The maximum Gasteiger partial charge on any atom is 0.331 e. The van der Waals surface area contributed by atoms with Crippen LogP contribution in [0, 0.1) is 0 Å². The highest BCUT2D eigenvalue weighted by Crippen LogP contribution is 2.16. The quantitative estimate of drug-likeness (QED) is 0.660. The molecule has 1 amide bonds. The smallest absolute Gasteiger partial charge is 0.331 e. The Hall–Kier alpha value is -2.15. The van der Waals surface area contributed by atoms with Crippen LogP contribution in [0.5, 0.6) is 0 Å². The predicted molar refractivity (Wildman–Crippen MR) is 69.1 cm³/mol. The van der Waals surface area contributed by atoms with Gasteiger partial charge in [0.1, 0.15) is 0 Å². The van der Waals surface area contributed by atoms with Crippen molar-refractivity contribution in [2.45, 2.75) is 11.8 Å². The van der Waals surface area contributed by atoms with Gasteiger partial charge in [0.2, 0.25) is 5.91 Å². The van der Waals surface area contributed by atoms with Crippen LogP contribution in [0.3, 0.4) is 0 Å². The van der Waals surface area contributed by atoms with Gasteiger partial charge in [-0.15, -0.1) is 0 Å². The molecule has 0 radical (unpaired) electrons. The molecule has 0 aromatic heterocycles. The molecule has 1 aromatic rings. The number of ether oxygens (including phenoxy) is 1. The van der Waals surface area contributed by atoms with Gasteiger partial charge in [0.25, 0.3) is 0 Å². The topological polar surface area (TPSA) is 89.5 Å². The van der Waals surface area contributed by atoms with Gasteiger partial charge in [-0.25, -0.2) is 13.2 Å². The van der Waals surface area contributed by atoms with Gasteiger partial charge in [-0.05, 0) is 24.3 Å². The fraction of sp³-hybridized carbons (Fsp3) is 0.167. The first kappa shape index (κ1) is 14.9. The number of carbonyl (C=O) groups excluding carboxylic acids is 2. The molecule has 0 fully saturated rings. The molecule has 0 aliphatic heterocycles. The van der Waals surface area contributed by atoms with E-state index in [1.165, 1.54) is 31.2 Å². The van der Waals surface area contributed by atoms with Crippen LogP contribution in [-0.4, -0.2) is 27.4 Å². The van der Waals surface area contributed by atoms with Crippen molar-refractivity contribution >= 4 is 27.4 Å². The number of methoxy groups -OCH3 is 1. The van der Waals surface area contributed by atoms with E-state index in [2.05, 4.69) is 10.1 Å². The lowest BCUT2D eigenvalue weighted by Crippen LogP contribution is -2.06. The van der Waals surface area contributed by atoms with E-state index in [9.17, 15) is 18.0 Å². The molecule has 1 aromatic carbocycles. The Morgan fingerprint density at radius 3 is 2.26 bits per heavy atom. The summed E-state index contributed by atoms with van der Waals surface area (Å²) < 4.78 is 27.9. The van der Waals surface area contributed by atoms with Crippen LogP contribution in [0.2, 0.25) is 0 Å². The van der Waals surface area contributed by atoms with Crippen molar-refractivity contribution in [3.8, 4) is 0 Å². The lowest BCUT2D eigenvalue weighted by atomic mass is 10.3. The van der Waals surface area contributed by atoms with Gasteiger partial charge < -0.3 is 10.1 Å². The molecule has 19 heavy (non-hydrogen) atoms. The van der Waals surface area contributed by atoms with Crippen molar-refractivity contribution in [1.82, 2.24) is 0 Å². The van der Waals surface area contributed by atoms with E-state index in [0.29, 0.717) is 5.69 Å². The molecular weight excluding hydrogens is 270 g/mol. The highest BCUT2D eigenvalue weighted by Gasteiger charge is 2.11. The summed E-state index contributed by atoms with van der Waals surface area (Å²) in [6, 6.07) is 5.59. The van der Waals surface area contributed by atoms with Gasteiger partial charge >= 0.3 is 5.97 Å². The Bertz CT molecular complexity index is 602. The van der Waals surface area contributed by atoms with Crippen LogP contribution >= 0.6 is 0 Å². The largest absolute Gasteiger partial charge is 0.466 e. The normalized spacial score (nSPS) is 11.3. The highest BCUT2D eigenvalue weighted by atomic mass is 32.2. The van der Waals surface area contributed by atoms with Crippen molar-refractivity contribution in [2.24, 2.45) is 0 Å². The summed E-state index contributed by atoms with van der Waals surface area (Å²) in [7, 11) is -2.55. The van der Waals surface area contributed by atoms with Crippen molar-refractivity contribution in [2.75, 3.05) is 12.4 Å². The second-order valence-corrected chi connectivity index (χ2v) is 5.41. The summed E-state index contributed by atoms with van der Waals surface area (Å²) in [5, 5.41) is 3.29. The Labute approximate surface area is 111 Å². The summed E-state index contributed by atoms with van der Waals surface area (Å²) in [6.45, 7) is 1.35. The lowest BCUT2D eigenvalue weighted by Gasteiger charge is -2.03. The SMILES string of the molecule is COC(=O)C=CS(=O)(=O)c1ccc(NC(C)=O)cc1. The van der Waals surface area contributed by atoms with Gasteiger partial charge in [-0.3, -0.25) is 4.79 Å². The minimum atomic E-state index is -3.70. The monoisotopic (exact) mass is 283 g/mol. The van der Waals surface area contributed by atoms with E-state index >= 15 is 0 Å². The predicted octanol–water partition coefficient (Wildman–Crippen LogP) is 1.11. The third-order valence-electron chi connectivity index (χ3n) is 2.09. The standard InChI is InChI=1S/C12H13NO5S/c1-9(14)13-10-3-5-11(6-4-10)19(16,17)8-7-12(15)18-2/h3-8H,1-2H3,(H,13,14). The number of hydrogen-bond donors (Lipinski definition) is 1. The Kier molecular flexibility index (Phi) is 4.82. The molecule has 0 saturated heterocycles. The number of benzene rings is 1. The first-order chi connectivity index (χ1) is 8.85. The number of rotatable bonds is 4. The molecule has 6 nitrogen and oxygen atoms in total. The number of esters is 1. The Balaban J connectivity index is 2.94. The molecule has 0 unspecified atom stereocenters. The van der Waals surface area contributed by atoms with E-state index in [0.717, 1.165) is 18.6 Å². The fourth-order valence-corrected chi connectivity index (χ4v) is 2.19. The summed E-state index contributed by atoms with van der Waals surface area (Å²) in [4.78, 5) is 21.7. The Morgan fingerprint density at radius 1 is 1.21 bits per heavy atom. The first-order valence-corrected chi connectivity index (χ1v) is 6.78. The highest BCUT2D eigenvalue weighted by molar-refractivity contribution is 7.94. The van der Waals surface area contributed by atoms with Crippen LogP contribution in [0.1, 0.15) is 6.92 Å². The molecule has 0 heterocycles. The molecule has 1 rings (SSSR count). The van der Waals surface area contributed by atoms with Crippen molar-refractivity contribution in [1.29, 1.82) is 0 Å². The molecule has 1 N–H and O–H groups in total. The number of sulfone groups is 1. The molecule has 102 valence electrons. The van der Waals surface area contributed by atoms with Crippen LogP contribution in [0.15, 0.2) is 40.6 Å². The molecule has 0 spiro atoms. The van der Waals surface area contributed by atoms with Crippen LogP contribution < -0.4 is 5.32 Å². The number of hydrogen-bond acceptors (Lipinski definition) is 5. The number of amides is 1. The summed E-state index contributed by atoms with van der Waals surface area (Å²) in [5.41, 5.74) is 0.489. The van der Waals surface area contributed by atoms with E-state index in [1.807, 2.05) is 0 Å². The van der Waals surface area contributed by atoms with E-state index in [1.54, 1.807) is 0 Å². The number of carbonyl (C=O) groups is 2. The van der Waals surface area contributed by atoms with Gasteiger partial charge in [0.15, 0.2) is 9.84 Å². The van der Waals surface area contributed by atoms with Gasteiger partial charge in [0.05, 0.1) is 12.0 Å². The lowest BCUT2D eigenvalue weighted by molar-refractivity contribution is -0.134. The minimum Gasteiger partial charge on any atom is -0.466 e. The van der Waals surface area contributed by atoms with Gasteiger partial charge in [0, 0.05) is 24.1 Å². The molecule has 0 bridgehead atoms. The van der Waals surface area contributed by atoms with Crippen LogP contribution in [0.25, 0.3) is 0 Å². The molecule has 0 aliphatic carbocycles. The third-order valence-corrected chi connectivity index (χ3v) is 3.51. The minimum absolute atomic E-state index is 0.0155. The molecule has 0 saturated carbocycles. The van der Waals surface area contributed by atoms with Crippen molar-refractivity contribution in [3.05, 3.63) is 35.7 Å². The number of nitrogens with one attached hydrogen (secondary N) is 1. The first-order valence-electron chi connectivity index (χ1n) is 5.24. The van der Waals surface area contributed by atoms with E-state index in [-0.39, 0.29) is 10.8 Å². The average Bonchev–Trinajstić information content (AvgIpc) is 2.36. The third kappa shape index (κ3) is 4.55. The summed E-state index contributed by atoms with van der Waals surface area (Å²) in [5.74, 6) is -1.00. The van der Waals surface area contributed by atoms with E-state index < -0.39 is 15.8 Å².